The summed E-state index contributed by atoms with van der Waals surface area (Å²) in [6.07, 6.45) is 0. The monoisotopic (exact) mass is 262 g/mol. The van der Waals surface area contributed by atoms with E-state index in [4.69, 9.17) is 0 Å². The van der Waals surface area contributed by atoms with E-state index in [-0.39, 0.29) is 0 Å². The molecule has 4 heteroatoms. The van der Waals surface area contributed by atoms with Gasteiger partial charge in [-0.25, -0.2) is 4.98 Å². The normalized spacial score (nSPS) is 11.1. The average molecular weight is 262 g/mol. The van der Waals surface area contributed by atoms with Crippen molar-refractivity contribution in [2.45, 2.75) is 13.5 Å². The van der Waals surface area contributed by atoms with Gasteiger partial charge in [-0.2, -0.15) is 0 Å². The van der Waals surface area contributed by atoms with Crippen molar-refractivity contribution in [3.63, 3.8) is 0 Å². The van der Waals surface area contributed by atoms with Crippen molar-refractivity contribution in [3.8, 4) is 10.6 Å². The van der Waals surface area contributed by atoms with E-state index in [0.29, 0.717) is 0 Å². The molecule has 1 heterocycles. The van der Waals surface area contributed by atoms with Gasteiger partial charge in [0.05, 0.1) is 12.2 Å². The molecular weight excluding hydrogens is 242 g/mol. The van der Waals surface area contributed by atoms with E-state index in [2.05, 4.69) is 59.2 Å². The smallest absolute Gasteiger partial charge is 0.123 e. The molecule has 2 aromatic rings. The first kappa shape index (κ1) is 13.2. The van der Waals surface area contributed by atoms with E-state index < -0.39 is 0 Å². The number of quaternary nitrogens is 1. The van der Waals surface area contributed by atoms with Crippen LogP contribution in [0.2, 0.25) is 0 Å². The van der Waals surface area contributed by atoms with Crippen LogP contribution in [0, 0.1) is 6.92 Å². The molecule has 0 saturated heterocycles. The fourth-order valence-electron chi connectivity index (χ4n) is 1.83. The molecule has 0 amide bonds. The Hall–Kier alpha value is -1.23. The van der Waals surface area contributed by atoms with Gasteiger partial charge >= 0.3 is 0 Å². The number of rotatable bonds is 5. The Kier molecular flexibility index (Phi) is 4.47. The number of hydrogen-bond acceptors (Lipinski definition) is 3. The van der Waals surface area contributed by atoms with Crippen molar-refractivity contribution < 1.29 is 5.73 Å². The van der Waals surface area contributed by atoms with Crippen LogP contribution in [0.25, 0.3) is 10.6 Å². The van der Waals surface area contributed by atoms with Gasteiger partial charge in [-0.3, -0.25) is 4.90 Å². The van der Waals surface area contributed by atoms with Gasteiger partial charge in [0.15, 0.2) is 0 Å². The summed E-state index contributed by atoms with van der Waals surface area (Å²) >= 11 is 1.72. The topological polar surface area (TPSA) is 43.8 Å². The molecule has 18 heavy (non-hydrogen) atoms. The number of hydrogen-bond donors (Lipinski definition) is 1. The van der Waals surface area contributed by atoms with Crippen LogP contribution in [0.4, 0.5) is 0 Å². The van der Waals surface area contributed by atoms with Gasteiger partial charge in [-0.15, -0.1) is 11.3 Å². The zero-order valence-electron chi connectivity index (χ0n) is 11.0. The maximum atomic E-state index is 4.69. The molecule has 2 rings (SSSR count). The minimum Gasteiger partial charge on any atom is -0.357 e. The van der Waals surface area contributed by atoms with E-state index >= 15 is 0 Å². The van der Waals surface area contributed by atoms with Crippen LogP contribution in [-0.4, -0.2) is 30.0 Å². The average Bonchev–Trinajstić information content (AvgIpc) is 2.78. The first-order valence-electron chi connectivity index (χ1n) is 6.18. The Morgan fingerprint density at radius 2 is 2.00 bits per heavy atom. The molecule has 0 fully saturated rings. The minimum absolute atomic E-state index is 0.901. The first-order valence-corrected chi connectivity index (χ1v) is 7.06. The standard InChI is InChI=1S/C14H19N3S/c1-11-3-5-12(6-4-11)14-16-13(10-18-14)9-17(2)8-7-15/h3-6,10H,7-9,15H2,1-2H3/p+1. The number of aromatic nitrogens is 1. The fraction of sp³-hybridized carbons (Fsp3) is 0.357. The van der Waals surface area contributed by atoms with Crippen molar-refractivity contribution in [1.82, 2.24) is 9.88 Å². The highest BCUT2D eigenvalue weighted by molar-refractivity contribution is 7.13. The summed E-state index contributed by atoms with van der Waals surface area (Å²) < 4.78 is 0. The third kappa shape index (κ3) is 3.38. The predicted molar refractivity (Wildman–Crippen MR) is 76.4 cm³/mol. The fourth-order valence-corrected chi connectivity index (χ4v) is 2.65. The van der Waals surface area contributed by atoms with Gasteiger partial charge in [0.25, 0.3) is 0 Å². The second kappa shape index (κ2) is 6.09. The summed E-state index contributed by atoms with van der Waals surface area (Å²) in [5.74, 6) is 0. The molecule has 0 atom stereocenters. The second-order valence-corrected chi connectivity index (χ2v) is 5.46. The number of benzene rings is 1. The maximum Gasteiger partial charge on any atom is 0.123 e. The van der Waals surface area contributed by atoms with Crippen LogP contribution in [0.15, 0.2) is 29.6 Å². The highest BCUT2D eigenvalue weighted by atomic mass is 32.1. The number of nitrogens with zero attached hydrogens (tertiary/aromatic N) is 2. The summed E-state index contributed by atoms with van der Waals surface area (Å²) in [7, 11) is 2.11. The largest absolute Gasteiger partial charge is 0.357 e. The molecule has 3 N–H and O–H groups in total. The molecule has 0 aliphatic carbocycles. The van der Waals surface area contributed by atoms with E-state index in [1.54, 1.807) is 11.3 Å². The molecule has 1 aromatic heterocycles. The van der Waals surface area contributed by atoms with Crippen LogP contribution < -0.4 is 5.73 Å². The predicted octanol–water partition coefficient (Wildman–Crippen LogP) is 1.79. The number of likely N-dealkylation sites (N-methyl/N-ethyl adjacent to an activating group) is 1. The van der Waals surface area contributed by atoms with Gasteiger partial charge < -0.3 is 5.73 Å². The third-order valence-corrected chi connectivity index (χ3v) is 3.76. The maximum absolute atomic E-state index is 4.69. The lowest BCUT2D eigenvalue weighted by molar-refractivity contribution is -0.368. The Morgan fingerprint density at radius 1 is 1.28 bits per heavy atom. The van der Waals surface area contributed by atoms with Crippen LogP contribution in [0.1, 0.15) is 11.3 Å². The van der Waals surface area contributed by atoms with Crippen LogP contribution in [0.5, 0.6) is 0 Å². The highest BCUT2D eigenvalue weighted by Gasteiger charge is 2.06. The van der Waals surface area contributed by atoms with Gasteiger partial charge in [0, 0.05) is 24.0 Å². The SMILES string of the molecule is Cc1ccc(-c2nc(CN(C)CC[NH3+])cs2)cc1. The summed E-state index contributed by atoms with van der Waals surface area (Å²) in [5.41, 5.74) is 7.50. The molecule has 0 spiro atoms. The molecule has 0 radical (unpaired) electrons. The molecule has 1 aromatic carbocycles. The number of aryl methyl sites for hydroxylation is 1. The molecule has 3 nitrogen and oxygen atoms in total. The molecule has 0 unspecified atom stereocenters. The summed E-state index contributed by atoms with van der Waals surface area (Å²) in [6.45, 7) is 4.95. The van der Waals surface area contributed by atoms with Crippen molar-refractivity contribution in [2.75, 3.05) is 20.1 Å². The lowest BCUT2D eigenvalue weighted by Gasteiger charge is -2.11. The van der Waals surface area contributed by atoms with Crippen molar-refractivity contribution >= 4 is 11.3 Å². The zero-order valence-corrected chi connectivity index (χ0v) is 11.8. The molecule has 96 valence electrons. The second-order valence-electron chi connectivity index (χ2n) is 4.60. The van der Waals surface area contributed by atoms with Gasteiger partial charge in [-0.1, -0.05) is 29.8 Å². The summed E-state index contributed by atoms with van der Waals surface area (Å²) in [4.78, 5) is 6.94. The Balaban J connectivity index is 2.08. The first-order chi connectivity index (χ1) is 8.69. The van der Waals surface area contributed by atoms with Crippen molar-refractivity contribution in [2.24, 2.45) is 0 Å². The van der Waals surface area contributed by atoms with E-state index in [1.165, 1.54) is 11.1 Å². The van der Waals surface area contributed by atoms with Gasteiger partial charge in [-0.05, 0) is 14.0 Å². The minimum atomic E-state index is 0.901. The number of thiazole rings is 1. The molecule has 0 aliphatic heterocycles. The van der Waals surface area contributed by atoms with E-state index in [9.17, 15) is 0 Å². The van der Waals surface area contributed by atoms with Gasteiger partial charge in [0.1, 0.15) is 5.01 Å². The molecule has 0 bridgehead atoms. The van der Waals surface area contributed by atoms with Gasteiger partial charge in [0.2, 0.25) is 0 Å². The third-order valence-electron chi connectivity index (χ3n) is 2.82. The summed E-state index contributed by atoms with van der Waals surface area (Å²) in [6, 6.07) is 8.53. The van der Waals surface area contributed by atoms with E-state index in [0.717, 1.165) is 30.3 Å². The lowest BCUT2D eigenvalue weighted by Crippen LogP contribution is -2.54. The Bertz CT molecular complexity index is 490. The van der Waals surface area contributed by atoms with Crippen LogP contribution in [0.3, 0.4) is 0 Å². The quantitative estimate of drug-likeness (QED) is 0.893. The van der Waals surface area contributed by atoms with Crippen LogP contribution >= 0.6 is 11.3 Å². The van der Waals surface area contributed by atoms with Crippen molar-refractivity contribution in [1.29, 1.82) is 0 Å². The van der Waals surface area contributed by atoms with E-state index in [1.807, 2.05) is 0 Å². The van der Waals surface area contributed by atoms with Crippen molar-refractivity contribution in [3.05, 3.63) is 40.9 Å². The molecule has 0 saturated carbocycles. The zero-order chi connectivity index (χ0) is 13.0. The Labute approximate surface area is 112 Å². The van der Waals surface area contributed by atoms with Crippen LogP contribution in [-0.2, 0) is 6.54 Å². The molecule has 0 aliphatic rings. The Morgan fingerprint density at radius 3 is 2.67 bits per heavy atom. The highest BCUT2D eigenvalue weighted by Crippen LogP contribution is 2.24. The lowest BCUT2D eigenvalue weighted by atomic mass is 10.2. The molecular formula is C14H20N3S+. The summed E-state index contributed by atoms with van der Waals surface area (Å²) in [5, 5.41) is 3.25.